The lowest BCUT2D eigenvalue weighted by Crippen LogP contribution is -2.30. The van der Waals surface area contributed by atoms with Gasteiger partial charge in [-0.1, -0.05) is 45.0 Å². The molecule has 0 saturated heterocycles. The first kappa shape index (κ1) is 11.7. The molecule has 0 aromatic heterocycles. The lowest BCUT2D eigenvalue weighted by molar-refractivity contribution is 0.404. The quantitative estimate of drug-likeness (QED) is 0.803. The molecule has 1 aliphatic rings. The predicted molar refractivity (Wildman–Crippen MR) is 69.7 cm³/mol. The minimum Gasteiger partial charge on any atom is -0.307 e. The average molecular weight is 217 g/mol. The van der Waals surface area contributed by atoms with Crippen LogP contribution in [0.5, 0.6) is 0 Å². The summed E-state index contributed by atoms with van der Waals surface area (Å²) in [7, 11) is 0. The smallest absolute Gasteiger partial charge is 0.0331 e. The van der Waals surface area contributed by atoms with Crippen LogP contribution in [0.4, 0.5) is 0 Å². The van der Waals surface area contributed by atoms with E-state index in [0.29, 0.717) is 18.0 Å². The molecule has 1 aliphatic carbocycles. The van der Waals surface area contributed by atoms with E-state index in [1.807, 2.05) is 0 Å². The molecule has 1 N–H and O–H groups in total. The first-order chi connectivity index (χ1) is 7.76. The fraction of sp³-hybridized carbons (Fsp3) is 0.600. The topological polar surface area (TPSA) is 12.0 Å². The summed E-state index contributed by atoms with van der Waals surface area (Å²) < 4.78 is 0. The fourth-order valence-corrected chi connectivity index (χ4v) is 2.85. The lowest BCUT2D eigenvalue weighted by Gasteiger charge is -2.21. The van der Waals surface area contributed by atoms with Crippen LogP contribution in [-0.4, -0.2) is 6.04 Å². The van der Waals surface area contributed by atoms with Gasteiger partial charge in [-0.3, -0.25) is 0 Å². The number of rotatable bonds is 4. The molecule has 1 nitrogen and oxygen atoms in total. The largest absolute Gasteiger partial charge is 0.307 e. The molecular formula is C15H23N. The van der Waals surface area contributed by atoms with Crippen LogP contribution in [0.3, 0.4) is 0 Å². The van der Waals surface area contributed by atoms with Crippen LogP contribution < -0.4 is 5.32 Å². The highest BCUT2D eigenvalue weighted by molar-refractivity contribution is 5.37. The summed E-state index contributed by atoms with van der Waals surface area (Å²) in [4.78, 5) is 0. The molecule has 2 rings (SSSR count). The molecule has 0 heterocycles. The zero-order valence-corrected chi connectivity index (χ0v) is 10.7. The van der Waals surface area contributed by atoms with Crippen molar-refractivity contribution >= 4 is 0 Å². The Balaban J connectivity index is 2.14. The van der Waals surface area contributed by atoms with Crippen molar-refractivity contribution in [3.63, 3.8) is 0 Å². The van der Waals surface area contributed by atoms with Crippen LogP contribution in [0.15, 0.2) is 24.3 Å². The molecular weight excluding hydrogens is 194 g/mol. The van der Waals surface area contributed by atoms with Gasteiger partial charge in [0, 0.05) is 12.1 Å². The highest BCUT2D eigenvalue weighted by atomic mass is 15.0. The van der Waals surface area contributed by atoms with Crippen molar-refractivity contribution in [3.8, 4) is 0 Å². The molecule has 0 amide bonds. The van der Waals surface area contributed by atoms with E-state index in [1.165, 1.54) is 24.8 Å². The van der Waals surface area contributed by atoms with Gasteiger partial charge in [-0.05, 0) is 36.3 Å². The maximum absolute atomic E-state index is 3.80. The molecule has 1 aromatic rings. The van der Waals surface area contributed by atoms with Crippen molar-refractivity contribution in [1.82, 2.24) is 5.32 Å². The summed E-state index contributed by atoms with van der Waals surface area (Å²) >= 11 is 0. The molecule has 0 aliphatic heterocycles. The Morgan fingerprint density at radius 3 is 2.44 bits per heavy atom. The molecule has 0 bridgehead atoms. The van der Waals surface area contributed by atoms with Gasteiger partial charge in [0.15, 0.2) is 0 Å². The molecule has 0 fully saturated rings. The van der Waals surface area contributed by atoms with Gasteiger partial charge in [0.05, 0.1) is 0 Å². The SMILES string of the molecule is CCC(CC)NC1CC(C)c2ccccc21. The van der Waals surface area contributed by atoms with Gasteiger partial charge in [0.25, 0.3) is 0 Å². The standard InChI is InChI=1S/C15H23N/c1-4-12(5-2)16-15-10-11(3)13-8-6-7-9-14(13)15/h6-9,11-12,15-16H,4-5,10H2,1-3H3. The van der Waals surface area contributed by atoms with Crippen molar-refractivity contribution in [2.75, 3.05) is 0 Å². The van der Waals surface area contributed by atoms with Gasteiger partial charge in [0.1, 0.15) is 0 Å². The van der Waals surface area contributed by atoms with E-state index in [-0.39, 0.29) is 0 Å². The summed E-state index contributed by atoms with van der Waals surface area (Å²) in [6.07, 6.45) is 3.71. The highest BCUT2D eigenvalue weighted by Gasteiger charge is 2.28. The Morgan fingerprint density at radius 2 is 1.81 bits per heavy atom. The number of benzene rings is 1. The first-order valence-electron chi connectivity index (χ1n) is 6.61. The number of hydrogen-bond donors (Lipinski definition) is 1. The fourth-order valence-electron chi connectivity index (χ4n) is 2.85. The summed E-state index contributed by atoms with van der Waals surface area (Å²) in [5.41, 5.74) is 3.08. The minimum absolute atomic E-state index is 0.580. The van der Waals surface area contributed by atoms with Gasteiger partial charge in [-0.2, -0.15) is 0 Å². The summed E-state index contributed by atoms with van der Waals surface area (Å²) in [6, 6.07) is 10.2. The number of nitrogens with one attached hydrogen (secondary N) is 1. The summed E-state index contributed by atoms with van der Waals surface area (Å²) in [6.45, 7) is 6.88. The molecule has 1 aromatic carbocycles. The highest BCUT2D eigenvalue weighted by Crippen LogP contribution is 2.39. The Labute approximate surface area is 99.3 Å². The van der Waals surface area contributed by atoms with Gasteiger partial charge in [-0.15, -0.1) is 0 Å². The van der Waals surface area contributed by atoms with E-state index in [4.69, 9.17) is 0 Å². The first-order valence-corrected chi connectivity index (χ1v) is 6.61. The zero-order chi connectivity index (χ0) is 11.5. The maximum atomic E-state index is 3.80. The number of fused-ring (bicyclic) bond motifs is 1. The second kappa shape index (κ2) is 5.01. The van der Waals surface area contributed by atoms with Crippen molar-refractivity contribution in [3.05, 3.63) is 35.4 Å². The van der Waals surface area contributed by atoms with E-state index in [2.05, 4.69) is 50.4 Å². The predicted octanol–water partition coefficient (Wildman–Crippen LogP) is 4.01. The second-order valence-electron chi connectivity index (χ2n) is 5.00. The zero-order valence-electron chi connectivity index (χ0n) is 10.7. The molecule has 0 saturated carbocycles. The minimum atomic E-state index is 0.580. The molecule has 16 heavy (non-hydrogen) atoms. The van der Waals surface area contributed by atoms with Crippen LogP contribution in [0.25, 0.3) is 0 Å². The van der Waals surface area contributed by atoms with Crippen LogP contribution in [0.2, 0.25) is 0 Å². The molecule has 88 valence electrons. The van der Waals surface area contributed by atoms with Crippen LogP contribution in [0.1, 0.15) is 63.1 Å². The third kappa shape index (κ3) is 2.15. The average Bonchev–Trinajstić information content (AvgIpc) is 2.64. The van der Waals surface area contributed by atoms with E-state index in [1.54, 1.807) is 5.56 Å². The van der Waals surface area contributed by atoms with E-state index in [9.17, 15) is 0 Å². The third-order valence-corrected chi connectivity index (χ3v) is 3.91. The van der Waals surface area contributed by atoms with Crippen LogP contribution in [-0.2, 0) is 0 Å². The van der Waals surface area contributed by atoms with Gasteiger partial charge < -0.3 is 5.32 Å². The van der Waals surface area contributed by atoms with Crippen molar-refractivity contribution in [2.45, 2.75) is 58.0 Å². The van der Waals surface area contributed by atoms with Crippen LogP contribution >= 0.6 is 0 Å². The molecule has 2 atom stereocenters. The van der Waals surface area contributed by atoms with Crippen molar-refractivity contribution in [2.24, 2.45) is 0 Å². The second-order valence-corrected chi connectivity index (χ2v) is 5.00. The molecule has 2 unspecified atom stereocenters. The van der Waals surface area contributed by atoms with E-state index >= 15 is 0 Å². The van der Waals surface area contributed by atoms with Crippen LogP contribution in [0, 0.1) is 0 Å². The molecule has 0 spiro atoms. The number of hydrogen-bond acceptors (Lipinski definition) is 1. The third-order valence-electron chi connectivity index (χ3n) is 3.91. The summed E-state index contributed by atoms with van der Waals surface area (Å²) in [5.74, 6) is 0.711. The Kier molecular flexibility index (Phi) is 3.65. The van der Waals surface area contributed by atoms with Crippen molar-refractivity contribution in [1.29, 1.82) is 0 Å². The monoisotopic (exact) mass is 217 g/mol. The summed E-state index contributed by atoms with van der Waals surface area (Å²) in [5, 5.41) is 3.80. The normalized spacial score (nSPS) is 23.8. The van der Waals surface area contributed by atoms with Gasteiger partial charge in [0.2, 0.25) is 0 Å². The van der Waals surface area contributed by atoms with E-state index in [0.717, 1.165) is 0 Å². The van der Waals surface area contributed by atoms with Crippen molar-refractivity contribution < 1.29 is 0 Å². The maximum Gasteiger partial charge on any atom is 0.0331 e. The van der Waals surface area contributed by atoms with Gasteiger partial charge >= 0.3 is 0 Å². The Bertz CT molecular complexity index is 341. The van der Waals surface area contributed by atoms with Gasteiger partial charge in [-0.25, -0.2) is 0 Å². The molecule has 1 heteroatoms. The Hall–Kier alpha value is -0.820. The molecule has 0 radical (unpaired) electrons. The Morgan fingerprint density at radius 1 is 1.19 bits per heavy atom. The lowest BCUT2D eigenvalue weighted by atomic mass is 10.0. The van der Waals surface area contributed by atoms with E-state index < -0.39 is 0 Å².